The first-order valence-electron chi connectivity index (χ1n) is 9.66. The molecule has 8 heteroatoms. The molecule has 2 aromatic carbocycles. The van der Waals surface area contributed by atoms with Crippen LogP contribution in [0.1, 0.15) is 23.4 Å². The summed E-state index contributed by atoms with van der Waals surface area (Å²) in [4.78, 5) is 18.8. The van der Waals surface area contributed by atoms with Crippen LogP contribution in [0.15, 0.2) is 53.1 Å². The molecule has 0 aliphatic rings. The van der Waals surface area contributed by atoms with Crippen LogP contribution in [0.25, 0.3) is 11.3 Å². The van der Waals surface area contributed by atoms with Gasteiger partial charge in [-0.15, -0.1) is 0 Å². The van der Waals surface area contributed by atoms with Crippen molar-refractivity contribution >= 4 is 29.1 Å². The minimum atomic E-state index is -0.0364. The lowest BCUT2D eigenvalue weighted by molar-refractivity contribution is -0.132. The molecule has 1 amide bonds. The van der Waals surface area contributed by atoms with E-state index in [1.807, 2.05) is 12.1 Å². The fraction of sp³-hybridized carbons (Fsp3) is 0.261. The highest BCUT2D eigenvalue weighted by molar-refractivity contribution is 6.36. The van der Waals surface area contributed by atoms with Gasteiger partial charge in [0, 0.05) is 43.6 Å². The molecule has 0 radical (unpaired) electrons. The normalized spacial score (nSPS) is 10.6. The molecule has 0 fully saturated rings. The van der Waals surface area contributed by atoms with Crippen molar-refractivity contribution in [2.24, 2.45) is 0 Å². The topological polar surface area (TPSA) is 79.4 Å². The Morgan fingerprint density at radius 3 is 2.68 bits per heavy atom. The van der Waals surface area contributed by atoms with Gasteiger partial charge < -0.3 is 14.1 Å². The zero-order valence-electron chi connectivity index (χ0n) is 17.0. The molecule has 0 aliphatic carbocycles. The van der Waals surface area contributed by atoms with Gasteiger partial charge in [0.15, 0.2) is 11.7 Å². The maximum Gasteiger partial charge on any atom is 0.223 e. The monoisotopic (exact) mass is 457 g/mol. The Morgan fingerprint density at radius 2 is 2.00 bits per heavy atom. The lowest BCUT2D eigenvalue weighted by Crippen LogP contribution is -2.33. The van der Waals surface area contributed by atoms with E-state index in [0.717, 1.165) is 5.56 Å². The van der Waals surface area contributed by atoms with E-state index in [4.69, 9.17) is 37.6 Å². The maximum absolute atomic E-state index is 12.8. The molecule has 1 aromatic heterocycles. The van der Waals surface area contributed by atoms with Crippen molar-refractivity contribution in [2.45, 2.75) is 19.4 Å². The fourth-order valence-corrected chi connectivity index (χ4v) is 3.51. The van der Waals surface area contributed by atoms with Crippen molar-refractivity contribution in [1.82, 2.24) is 9.88 Å². The third kappa shape index (κ3) is 6.31. The van der Waals surface area contributed by atoms with Crippen molar-refractivity contribution in [3.63, 3.8) is 0 Å². The largest absolute Gasteiger partial charge is 0.441 e. The van der Waals surface area contributed by atoms with Crippen LogP contribution in [0.2, 0.25) is 10.0 Å². The van der Waals surface area contributed by atoms with E-state index in [0.29, 0.717) is 58.9 Å². The highest BCUT2D eigenvalue weighted by Crippen LogP contribution is 2.30. The van der Waals surface area contributed by atoms with E-state index >= 15 is 0 Å². The standard InChI is InChI=1S/C23H21Cl2N3O3/c1-30-11-10-28(15-17-4-2-16(13-26)3-5-17)23(29)9-8-22-27-14-21(31-22)19-7-6-18(24)12-20(19)25/h2-7,12,14H,8-11,15H2,1H3. The Hall–Kier alpha value is -2.85. The molecule has 0 saturated carbocycles. The fourth-order valence-electron chi connectivity index (χ4n) is 3.01. The molecule has 1 heterocycles. The lowest BCUT2D eigenvalue weighted by Gasteiger charge is -2.22. The molecule has 3 rings (SSSR count). The number of hydrogen-bond acceptors (Lipinski definition) is 5. The predicted octanol–water partition coefficient (Wildman–Crippen LogP) is 5.13. The second kappa shape index (κ2) is 11.0. The number of nitriles is 1. The van der Waals surface area contributed by atoms with Gasteiger partial charge in [-0.1, -0.05) is 35.3 Å². The molecule has 0 saturated heterocycles. The summed E-state index contributed by atoms with van der Waals surface area (Å²) >= 11 is 12.2. The van der Waals surface area contributed by atoms with Gasteiger partial charge in [0.05, 0.1) is 29.5 Å². The van der Waals surface area contributed by atoms with Gasteiger partial charge in [0.25, 0.3) is 0 Å². The number of aryl methyl sites for hydroxylation is 1. The second-order valence-electron chi connectivity index (χ2n) is 6.86. The number of aromatic nitrogens is 1. The van der Waals surface area contributed by atoms with Crippen molar-refractivity contribution in [1.29, 1.82) is 5.26 Å². The van der Waals surface area contributed by atoms with Crippen LogP contribution < -0.4 is 0 Å². The van der Waals surface area contributed by atoms with Crippen LogP contribution >= 0.6 is 23.2 Å². The third-order valence-electron chi connectivity index (χ3n) is 4.68. The molecule has 0 spiro atoms. The number of carbonyl (C=O) groups is 1. The molecule has 3 aromatic rings. The Labute approximate surface area is 191 Å². The van der Waals surface area contributed by atoms with E-state index in [1.165, 1.54) is 0 Å². The first-order valence-corrected chi connectivity index (χ1v) is 10.4. The molecule has 160 valence electrons. The number of carbonyl (C=O) groups excluding carboxylic acids is 1. The number of benzene rings is 2. The molecule has 31 heavy (non-hydrogen) atoms. The van der Waals surface area contributed by atoms with Gasteiger partial charge in [0.2, 0.25) is 5.91 Å². The van der Waals surface area contributed by atoms with Crippen molar-refractivity contribution < 1.29 is 13.9 Å². The van der Waals surface area contributed by atoms with E-state index in [-0.39, 0.29) is 12.3 Å². The van der Waals surface area contributed by atoms with Crippen molar-refractivity contribution in [3.05, 3.63) is 75.7 Å². The molecule has 0 N–H and O–H groups in total. The molecular weight excluding hydrogens is 437 g/mol. The summed E-state index contributed by atoms with van der Waals surface area (Å²) in [6.45, 7) is 1.33. The average Bonchev–Trinajstić information content (AvgIpc) is 3.24. The molecule has 0 atom stereocenters. The van der Waals surface area contributed by atoms with E-state index in [2.05, 4.69) is 11.1 Å². The molecular formula is C23H21Cl2N3O3. The zero-order chi connectivity index (χ0) is 22.2. The summed E-state index contributed by atoms with van der Waals surface area (Å²) in [6, 6.07) is 14.4. The van der Waals surface area contributed by atoms with Crippen LogP contribution in [0, 0.1) is 11.3 Å². The number of halogens is 2. The molecule has 0 unspecified atom stereocenters. The second-order valence-corrected chi connectivity index (χ2v) is 7.70. The summed E-state index contributed by atoms with van der Waals surface area (Å²) < 4.78 is 10.9. The Bertz CT molecular complexity index is 1070. The van der Waals surface area contributed by atoms with Gasteiger partial charge in [-0.2, -0.15) is 5.26 Å². The van der Waals surface area contributed by atoms with Crippen LogP contribution in [-0.2, 0) is 22.5 Å². The van der Waals surface area contributed by atoms with E-state index < -0.39 is 0 Å². The number of oxazole rings is 1. The van der Waals surface area contributed by atoms with Gasteiger partial charge in [-0.05, 0) is 35.9 Å². The SMILES string of the molecule is COCCN(Cc1ccc(C#N)cc1)C(=O)CCc1ncc(-c2ccc(Cl)cc2Cl)o1. The van der Waals surface area contributed by atoms with Gasteiger partial charge in [-0.25, -0.2) is 4.98 Å². The number of rotatable bonds is 9. The van der Waals surface area contributed by atoms with Crippen molar-refractivity contribution in [3.8, 4) is 17.4 Å². The first kappa shape index (κ1) is 22.8. The lowest BCUT2D eigenvalue weighted by atomic mass is 10.1. The van der Waals surface area contributed by atoms with Gasteiger partial charge in [0.1, 0.15) is 0 Å². The Kier molecular flexibility index (Phi) is 8.07. The number of hydrogen-bond donors (Lipinski definition) is 0. The maximum atomic E-state index is 12.8. The summed E-state index contributed by atoms with van der Waals surface area (Å²) in [5, 5.41) is 9.95. The number of amides is 1. The van der Waals surface area contributed by atoms with Gasteiger partial charge >= 0.3 is 0 Å². The highest BCUT2D eigenvalue weighted by atomic mass is 35.5. The summed E-state index contributed by atoms with van der Waals surface area (Å²) in [7, 11) is 1.60. The van der Waals surface area contributed by atoms with Gasteiger partial charge in [-0.3, -0.25) is 4.79 Å². The summed E-state index contributed by atoms with van der Waals surface area (Å²) in [6.07, 6.45) is 2.20. The minimum Gasteiger partial charge on any atom is -0.441 e. The first-order chi connectivity index (χ1) is 15.0. The molecule has 6 nitrogen and oxygen atoms in total. The number of nitrogens with zero attached hydrogens (tertiary/aromatic N) is 3. The number of ether oxygens (including phenoxy) is 1. The van der Waals surface area contributed by atoms with E-state index in [9.17, 15) is 4.79 Å². The smallest absolute Gasteiger partial charge is 0.223 e. The highest BCUT2D eigenvalue weighted by Gasteiger charge is 2.16. The third-order valence-corrected chi connectivity index (χ3v) is 5.23. The van der Waals surface area contributed by atoms with Crippen LogP contribution in [-0.4, -0.2) is 36.1 Å². The summed E-state index contributed by atoms with van der Waals surface area (Å²) in [5.74, 6) is 0.947. The van der Waals surface area contributed by atoms with E-state index in [1.54, 1.807) is 48.5 Å². The summed E-state index contributed by atoms with van der Waals surface area (Å²) in [5.41, 5.74) is 2.22. The van der Waals surface area contributed by atoms with Crippen LogP contribution in [0.3, 0.4) is 0 Å². The minimum absolute atomic E-state index is 0.0364. The zero-order valence-corrected chi connectivity index (χ0v) is 18.5. The number of methoxy groups -OCH3 is 1. The van der Waals surface area contributed by atoms with Crippen LogP contribution in [0.5, 0.6) is 0 Å². The van der Waals surface area contributed by atoms with Crippen LogP contribution in [0.4, 0.5) is 0 Å². The predicted molar refractivity (Wildman–Crippen MR) is 119 cm³/mol. The average molecular weight is 458 g/mol. The molecule has 0 bridgehead atoms. The van der Waals surface area contributed by atoms with Crippen molar-refractivity contribution in [2.75, 3.05) is 20.3 Å². The Balaban J connectivity index is 1.63. The quantitative estimate of drug-likeness (QED) is 0.444. The Morgan fingerprint density at radius 1 is 1.23 bits per heavy atom. The molecule has 0 aliphatic heterocycles.